The highest BCUT2D eigenvalue weighted by molar-refractivity contribution is 7.80. The van der Waals surface area contributed by atoms with Crippen molar-refractivity contribution in [2.45, 2.75) is 25.4 Å². The van der Waals surface area contributed by atoms with Crippen LogP contribution in [0.2, 0.25) is 5.02 Å². The summed E-state index contributed by atoms with van der Waals surface area (Å²) in [5.74, 6) is 0. The minimum absolute atomic E-state index is 0.193. The molecule has 0 amide bonds. The third kappa shape index (κ3) is 4.45. The maximum absolute atomic E-state index is 5.89. The molecule has 1 atom stereocenters. The van der Waals surface area contributed by atoms with Gasteiger partial charge in [0.05, 0.1) is 0 Å². The highest BCUT2D eigenvalue weighted by Crippen LogP contribution is 2.19. The van der Waals surface area contributed by atoms with Crippen LogP contribution in [0.4, 0.5) is 0 Å². The van der Waals surface area contributed by atoms with Crippen LogP contribution < -0.4 is 11.2 Å². The average Bonchev–Trinajstić information content (AvgIpc) is 2.79. The second-order valence-corrected chi connectivity index (χ2v) is 5.44. The molecule has 1 heterocycles. The van der Waals surface area contributed by atoms with Gasteiger partial charge < -0.3 is 5.73 Å². The van der Waals surface area contributed by atoms with E-state index >= 15 is 0 Å². The summed E-state index contributed by atoms with van der Waals surface area (Å²) in [6, 6.07) is 8.29. The third-order valence-corrected chi connectivity index (χ3v) is 3.48. The Kier molecular flexibility index (Phi) is 5.13. The Hall–Kier alpha value is -1.17. The summed E-state index contributed by atoms with van der Waals surface area (Å²) in [6.07, 6.45) is 4.16. The van der Waals surface area contributed by atoms with Crippen LogP contribution in [0.25, 0.3) is 0 Å². The number of nitrogens with one attached hydrogen (secondary N) is 1. The molecule has 3 N–H and O–H groups in total. The average molecular weight is 297 g/mol. The van der Waals surface area contributed by atoms with Crippen molar-refractivity contribution in [3.05, 3.63) is 34.9 Å². The summed E-state index contributed by atoms with van der Waals surface area (Å²) in [6.45, 7) is 1.98. The number of nitrogens with two attached hydrogens (primary N) is 1. The molecule has 0 bridgehead atoms. The van der Waals surface area contributed by atoms with Gasteiger partial charge in [0.15, 0.2) is 5.11 Å². The van der Waals surface area contributed by atoms with Crippen molar-refractivity contribution in [3.63, 3.8) is 0 Å². The smallest absolute Gasteiger partial charge is 0.184 e. The number of nitrogens with zero attached hydrogens (tertiary/aromatic N) is 2. The molecule has 0 spiro atoms. The molecule has 0 aromatic heterocycles. The number of hydrogen-bond donors (Lipinski definition) is 2. The molecule has 6 heteroatoms. The Morgan fingerprint density at radius 3 is 2.95 bits per heavy atom. The van der Waals surface area contributed by atoms with Gasteiger partial charge in [0.2, 0.25) is 0 Å². The standard InChI is InChI=1S/C13H17ClN4S/c14-11-5-3-10(4-6-11)9-18-7-1-2-12(18)8-16-17-13(15)19/h3-6,8,12H,1-2,7,9H2,(H3,15,17,19)/t12-/m0/s1. The van der Waals surface area contributed by atoms with E-state index in [0.717, 1.165) is 24.5 Å². The Bertz CT molecular complexity index is 460. The molecule has 1 aliphatic rings. The summed E-state index contributed by atoms with van der Waals surface area (Å²) in [5.41, 5.74) is 9.19. The summed E-state index contributed by atoms with van der Waals surface area (Å²) >= 11 is 10.6. The normalized spacial score (nSPS) is 19.9. The van der Waals surface area contributed by atoms with Crippen molar-refractivity contribution < 1.29 is 0 Å². The van der Waals surface area contributed by atoms with Gasteiger partial charge in [0.25, 0.3) is 0 Å². The fourth-order valence-corrected chi connectivity index (χ4v) is 2.41. The maximum atomic E-state index is 5.89. The van der Waals surface area contributed by atoms with Gasteiger partial charge in [-0.15, -0.1) is 0 Å². The zero-order valence-electron chi connectivity index (χ0n) is 10.6. The predicted octanol–water partition coefficient (Wildman–Crippen LogP) is 2.12. The van der Waals surface area contributed by atoms with Crippen molar-refractivity contribution in [2.75, 3.05) is 6.54 Å². The zero-order chi connectivity index (χ0) is 13.7. The molecule has 0 unspecified atom stereocenters. The second kappa shape index (κ2) is 6.84. The van der Waals surface area contributed by atoms with E-state index in [2.05, 4.69) is 27.6 Å². The second-order valence-electron chi connectivity index (χ2n) is 4.56. The molecule has 2 rings (SSSR count). The molecule has 1 aromatic carbocycles. The molecule has 1 fully saturated rings. The van der Waals surface area contributed by atoms with Gasteiger partial charge in [-0.25, -0.2) is 0 Å². The van der Waals surface area contributed by atoms with Gasteiger partial charge in [-0.3, -0.25) is 10.3 Å². The van der Waals surface area contributed by atoms with Gasteiger partial charge in [-0.2, -0.15) is 5.10 Å². The molecular weight excluding hydrogens is 280 g/mol. The van der Waals surface area contributed by atoms with Crippen LogP contribution in [0.15, 0.2) is 29.4 Å². The lowest BCUT2D eigenvalue weighted by atomic mass is 10.2. The number of thiocarbonyl (C=S) groups is 1. The van der Waals surface area contributed by atoms with Crippen molar-refractivity contribution in [1.82, 2.24) is 10.3 Å². The summed E-state index contributed by atoms with van der Waals surface area (Å²) < 4.78 is 0. The molecule has 0 aliphatic carbocycles. The van der Waals surface area contributed by atoms with Gasteiger partial charge in [-0.1, -0.05) is 23.7 Å². The highest BCUT2D eigenvalue weighted by atomic mass is 35.5. The van der Waals surface area contributed by atoms with E-state index in [-0.39, 0.29) is 5.11 Å². The predicted molar refractivity (Wildman–Crippen MR) is 83.3 cm³/mol. The van der Waals surface area contributed by atoms with E-state index in [1.54, 1.807) is 0 Å². The van der Waals surface area contributed by atoms with E-state index in [1.807, 2.05) is 18.3 Å². The lowest BCUT2D eigenvalue weighted by molar-refractivity contribution is 0.297. The molecule has 0 saturated carbocycles. The van der Waals surface area contributed by atoms with Gasteiger partial charge in [-0.05, 0) is 49.3 Å². The Labute approximate surface area is 123 Å². The molecule has 102 valence electrons. The fourth-order valence-electron chi connectivity index (χ4n) is 2.23. The van der Waals surface area contributed by atoms with E-state index in [1.165, 1.54) is 12.0 Å². The van der Waals surface area contributed by atoms with Crippen LogP contribution >= 0.6 is 23.8 Å². The van der Waals surface area contributed by atoms with E-state index in [9.17, 15) is 0 Å². The van der Waals surface area contributed by atoms with Crippen molar-refractivity contribution in [1.29, 1.82) is 0 Å². The van der Waals surface area contributed by atoms with Crippen molar-refractivity contribution in [2.24, 2.45) is 10.8 Å². The quantitative estimate of drug-likeness (QED) is 0.508. The number of hydrogen-bond acceptors (Lipinski definition) is 3. The number of halogens is 1. The van der Waals surface area contributed by atoms with Crippen molar-refractivity contribution >= 4 is 35.1 Å². The maximum Gasteiger partial charge on any atom is 0.184 e. The Morgan fingerprint density at radius 1 is 1.53 bits per heavy atom. The fraction of sp³-hybridized carbons (Fsp3) is 0.385. The summed E-state index contributed by atoms with van der Waals surface area (Å²) in [4.78, 5) is 2.38. The van der Waals surface area contributed by atoms with E-state index in [4.69, 9.17) is 29.6 Å². The Morgan fingerprint density at radius 2 is 2.26 bits per heavy atom. The van der Waals surface area contributed by atoms with Crippen LogP contribution in [0.3, 0.4) is 0 Å². The van der Waals surface area contributed by atoms with Gasteiger partial charge >= 0.3 is 0 Å². The molecule has 0 radical (unpaired) electrons. The molecule has 1 saturated heterocycles. The number of hydrazone groups is 1. The largest absolute Gasteiger partial charge is 0.375 e. The number of benzene rings is 1. The summed E-state index contributed by atoms with van der Waals surface area (Å²) in [5, 5.41) is 5.02. The first-order chi connectivity index (χ1) is 9.15. The highest BCUT2D eigenvalue weighted by Gasteiger charge is 2.22. The molecule has 1 aliphatic heterocycles. The number of likely N-dealkylation sites (tertiary alicyclic amines) is 1. The van der Waals surface area contributed by atoms with E-state index in [0.29, 0.717) is 6.04 Å². The lowest BCUT2D eigenvalue weighted by Gasteiger charge is -2.21. The molecular formula is C13H17ClN4S. The minimum Gasteiger partial charge on any atom is -0.375 e. The molecule has 1 aromatic rings. The van der Waals surface area contributed by atoms with Crippen LogP contribution in [0, 0.1) is 0 Å². The van der Waals surface area contributed by atoms with Crippen LogP contribution in [-0.4, -0.2) is 28.8 Å². The van der Waals surface area contributed by atoms with Gasteiger partial charge in [0.1, 0.15) is 0 Å². The topological polar surface area (TPSA) is 53.6 Å². The van der Waals surface area contributed by atoms with E-state index < -0.39 is 0 Å². The SMILES string of the molecule is NC(=S)NN=C[C@@H]1CCCN1Cc1ccc(Cl)cc1. The molecule has 4 nitrogen and oxygen atoms in total. The molecule has 19 heavy (non-hydrogen) atoms. The first kappa shape index (κ1) is 14.2. The number of rotatable bonds is 4. The van der Waals surface area contributed by atoms with Crippen LogP contribution in [0.1, 0.15) is 18.4 Å². The zero-order valence-corrected chi connectivity index (χ0v) is 12.1. The lowest BCUT2D eigenvalue weighted by Crippen LogP contribution is -2.32. The van der Waals surface area contributed by atoms with Crippen molar-refractivity contribution in [3.8, 4) is 0 Å². The third-order valence-electron chi connectivity index (χ3n) is 3.13. The Balaban J connectivity index is 1.93. The minimum atomic E-state index is 0.193. The summed E-state index contributed by atoms with van der Waals surface area (Å²) in [7, 11) is 0. The first-order valence-corrected chi connectivity index (χ1v) is 7.01. The van der Waals surface area contributed by atoms with Crippen LogP contribution in [0.5, 0.6) is 0 Å². The monoisotopic (exact) mass is 296 g/mol. The van der Waals surface area contributed by atoms with Gasteiger partial charge in [0, 0.05) is 23.8 Å². The first-order valence-electron chi connectivity index (χ1n) is 6.22. The van der Waals surface area contributed by atoms with Crippen LogP contribution in [-0.2, 0) is 6.54 Å².